The lowest BCUT2D eigenvalue weighted by Crippen LogP contribution is -2.56. The van der Waals surface area contributed by atoms with E-state index in [9.17, 15) is 13.6 Å². The van der Waals surface area contributed by atoms with Crippen molar-refractivity contribution in [2.75, 3.05) is 18.4 Å². The second-order valence-electron chi connectivity index (χ2n) is 7.19. The van der Waals surface area contributed by atoms with Crippen LogP contribution in [0.25, 0.3) is 0 Å². The van der Waals surface area contributed by atoms with Crippen LogP contribution in [-0.4, -0.2) is 35.1 Å². The van der Waals surface area contributed by atoms with Crippen molar-refractivity contribution in [2.45, 2.75) is 12.1 Å². The average molecular weight is 394 g/mol. The Morgan fingerprint density at radius 1 is 0.931 bits per heavy atom. The van der Waals surface area contributed by atoms with E-state index in [1.807, 2.05) is 42.5 Å². The van der Waals surface area contributed by atoms with Crippen molar-refractivity contribution >= 4 is 11.7 Å². The Morgan fingerprint density at radius 3 is 2.10 bits per heavy atom. The molecule has 0 amide bonds. The van der Waals surface area contributed by atoms with Gasteiger partial charge in [0.1, 0.15) is 11.6 Å². The van der Waals surface area contributed by atoms with E-state index in [4.69, 9.17) is 5.11 Å². The van der Waals surface area contributed by atoms with Crippen molar-refractivity contribution in [1.29, 1.82) is 0 Å². The highest BCUT2D eigenvalue weighted by atomic mass is 19.1. The van der Waals surface area contributed by atoms with E-state index >= 15 is 0 Å². The lowest BCUT2D eigenvalue weighted by Gasteiger charge is -2.45. The molecule has 0 unspecified atom stereocenters. The van der Waals surface area contributed by atoms with Gasteiger partial charge in [-0.3, -0.25) is 4.90 Å². The Hall–Kier alpha value is -3.25. The van der Waals surface area contributed by atoms with Crippen LogP contribution >= 0.6 is 0 Å². The van der Waals surface area contributed by atoms with Crippen molar-refractivity contribution in [2.24, 2.45) is 0 Å². The molecule has 1 saturated heterocycles. The van der Waals surface area contributed by atoms with Crippen LogP contribution in [0.2, 0.25) is 0 Å². The molecular formula is C23H20F2N2O2. The van der Waals surface area contributed by atoms with Gasteiger partial charge in [0, 0.05) is 24.8 Å². The number of nitrogens with one attached hydrogen (secondary N) is 1. The molecule has 6 heteroatoms. The van der Waals surface area contributed by atoms with E-state index in [0.717, 1.165) is 17.2 Å². The number of nitrogens with zero attached hydrogens (tertiary/aromatic N) is 1. The Morgan fingerprint density at radius 2 is 1.52 bits per heavy atom. The minimum absolute atomic E-state index is 0.0265. The predicted molar refractivity (Wildman–Crippen MR) is 107 cm³/mol. The maximum absolute atomic E-state index is 13.4. The summed E-state index contributed by atoms with van der Waals surface area (Å²) in [5, 5.41) is 12.3. The summed E-state index contributed by atoms with van der Waals surface area (Å²) >= 11 is 0. The van der Waals surface area contributed by atoms with E-state index in [-0.39, 0.29) is 17.6 Å². The number of hydrogen-bond donors (Lipinski definition) is 2. The fourth-order valence-electron chi connectivity index (χ4n) is 3.75. The second kappa shape index (κ2) is 8.01. The molecule has 0 aliphatic carbocycles. The summed E-state index contributed by atoms with van der Waals surface area (Å²) in [5.74, 6) is -2.17. The van der Waals surface area contributed by atoms with E-state index < -0.39 is 17.6 Å². The molecule has 0 aromatic heterocycles. The fraction of sp³-hybridized carbons (Fsp3) is 0.174. The largest absolute Gasteiger partial charge is 0.478 e. The van der Waals surface area contributed by atoms with E-state index in [0.29, 0.717) is 18.8 Å². The van der Waals surface area contributed by atoms with Crippen LogP contribution in [0.5, 0.6) is 0 Å². The number of aromatic carboxylic acids is 1. The van der Waals surface area contributed by atoms with Gasteiger partial charge < -0.3 is 10.4 Å². The smallest absolute Gasteiger partial charge is 0.335 e. The SMILES string of the molecule is O=C(O)c1ccc([C@@H](c2ccccc2)N2CC(Nc3cc(F)cc(F)c3)C2)cc1. The lowest BCUT2D eigenvalue weighted by molar-refractivity contribution is 0.0696. The molecule has 0 spiro atoms. The first-order valence-electron chi connectivity index (χ1n) is 9.34. The number of rotatable bonds is 6. The van der Waals surface area contributed by atoms with Gasteiger partial charge in [-0.05, 0) is 35.4 Å². The average Bonchev–Trinajstić information content (AvgIpc) is 2.66. The van der Waals surface area contributed by atoms with Gasteiger partial charge in [-0.2, -0.15) is 0 Å². The Kier molecular flexibility index (Phi) is 5.27. The first-order valence-corrected chi connectivity index (χ1v) is 9.34. The number of carboxylic acid groups (broad SMARTS) is 1. The molecule has 4 nitrogen and oxygen atoms in total. The molecule has 0 radical (unpaired) electrons. The van der Waals surface area contributed by atoms with Crippen molar-refractivity contribution in [3.8, 4) is 0 Å². The number of hydrogen-bond acceptors (Lipinski definition) is 3. The van der Waals surface area contributed by atoms with Crippen LogP contribution in [0, 0.1) is 11.6 Å². The van der Waals surface area contributed by atoms with Gasteiger partial charge in [0.2, 0.25) is 0 Å². The normalized spacial score (nSPS) is 15.5. The van der Waals surface area contributed by atoms with Crippen molar-refractivity contribution in [3.63, 3.8) is 0 Å². The van der Waals surface area contributed by atoms with Crippen molar-refractivity contribution < 1.29 is 18.7 Å². The van der Waals surface area contributed by atoms with Crippen LogP contribution in [0.4, 0.5) is 14.5 Å². The second-order valence-corrected chi connectivity index (χ2v) is 7.19. The molecule has 29 heavy (non-hydrogen) atoms. The summed E-state index contributed by atoms with van der Waals surface area (Å²) in [5.41, 5.74) is 2.77. The van der Waals surface area contributed by atoms with E-state index in [1.54, 1.807) is 12.1 Å². The molecule has 1 atom stereocenters. The number of carboxylic acids is 1. The zero-order valence-electron chi connectivity index (χ0n) is 15.6. The van der Waals surface area contributed by atoms with Crippen LogP contribution < -0.4 is 5.32 Å². The summed E-state index contributed by atoms with van der Waals surface area (Å²) in [7, 11) is 0. The number of likely N-dealkylation sites (tertiary alicyclic amines) is 1. The van der Waals surface area contributed by atoms with Crippen molar-refractivity contribution in [1.82, 2.24) is 4.90 Å². The van der Waals surface area contributed by atoms with E-state index in [1.165, 1.54) is 12.1 Å². The third-order valence-electron chi connectivity index (χ3n) is 5.10. The minimum atomic E-state index is -0.955. The van der Waals surface area contributed by atoms with Crippen LogP contribution in [0.3, 0.4) is 0 Å². The monoisotopic (exact) mass is 394 g/mol. The van der Waals surface area contributed by atoms with Crippen molar-refractivity contribution in [3.05, 3.63) is 101 Å². The Balaban J connectivity index is 1.52. The van der Waals surface area contributed by atoms with Crippen LogP contribution in [0.15, 0.2) is 72.8 Å². The van der Waals surface area contributed by atoms with Crippen LogP contribution in [0.1, 0.15) is 27.5 Å². The highest BCUT2D eigenvalue weighted by molar-refractivity contribution is 5.87. The molecule has 4 rings (SSSR count). The highest BCUT2D eigenvalue weighted by Crippen LogP contribution is 2.33. The van der Waals surface area contributed by atoms with E-state index in [2.05, 4.69) is 10.2 Å². The minimum Gasteiger partial charge on any atom is -0.478 e. The maximum atomic E-state index is 13.4. The first-order chi connectivity index (χ1) is 14.0. The third kappa shape index (κ3) is 4.27. The molecule has 3 aromatic rings. The molecule has 148 valence electrons. The molecule has 1 heterocycles. The summed E-state index contributed by atoms with van der Waals surface area (Å²) in [4.78, 5) is 13.4. The number of carbonyl (C=O) groups is 1. The standard InChI is InChI=1S/C23H20F2N2O2/c24-18-10-19(25)12-20(11-18)26-21-13-27(14-21)22(15-4-2-1-3-5-15)16-6-8-17(9-7-16)23(28)29/h1-12,21-22,26H,13-14H2,(H,28,29)/t22-/m1/s1. The number of halogens is 2. The van der Waals surface area contributed by atoms with Gasteiger partial charge in [0.15, 0.2) is 0 Å². The molecule has 1 fully saturated rings. The van der Waals surface area contributed by atoms with Gasteiger partial charge in [0.05, 0.1) is 17.6 Å². The Labute approximate surface area is 167 Å². The molecule has 1 aliphatic heterocycles. The Bertz CT molecular complexity index is 983. The quantitative estimate of drug-likeness (QED) is 0.644. The van der Waals surface area contributed by atoms with Gasteiger partial charge in [0.25, 0.3) is 0 Å². The maximum Gasteiger partial charge on any atom is 0.335 e. The zero-order chi connectivity index (χ0) is 20.4. The van der Waals surface area contributed by atoms with Gasteiger partial charge in [-0.25, -0.2) is 13.6 Å². The molecular weight excluding hydrogens is 374 g/mol. The van der Waals surface area contributed by atoms with Gasteiger partial charge in [-0.1, -0.05) is 42.5 Å². The number of benzene rings is 3. The third-order valence-corrected chi connectivity index (χ3v) is 5.10. The summed E-state index contributed by atoms with van der Waals surface area (Å²) in [6, 6.07) is 20.3. The molecule has 3 aromatic carbocycles. The molecule has 0 saturated carbocycles. The van der Waals surface area contributed by atoms with Gasteiger partial charge in [-0.15, -0.1) is 0 Å². The summed E-state index contributed by atoms with van der Waals surface area (Å²) in [6.45, 7) is 1.39. The summed E-state index contributed by atoms with van der Waals surface area (Å²) < 4.78 is 26.8. The van der Waals surface area contributed by atoms with Gasteiger partial charge >= 0.3 is 5.97 Å². The van der Waals surface area contributed by atoms with Crippen LogP contribution in [-0.2, 0) is 0 Å². The highest BCUT2D eigenvalue weighted by Gasteiger charge is 2.34. The fourth-order valence-corrected chi connectivity index (χ4v) is 3.75. The summed E-state index contributed by atoms with van der Waals surface area (Å²) in [6.07, 6.45) is 0. The predicted octanol–water partition coefficient (Wildman–Crippen LogP) is 4.55. The molecule has 0 bridgehead atoms. The molecule has 2 N–H and O–H groups in total. The number of anilines is 1. The first kappa shape index (κ1) is 19.1. The lowest BCUT2D eigenvalue weighted by atomic mass is 9.92. The topological polar surface area (TPSA) is 52.6 Å². The molecule has 1 aliphatic rings. The zero-order valence-corrected chi connectivity index (χ0v) is 15.6.